The van der Waals surface area contributed by atoms with Crippen molar-refractivity contribution in [2.24, 2.45) is 16.7 Å². The van der Waals surface area contributed by atoms with Crippen molar-refractivity contribution in [3.8, 4) is 16.2 Å². The fourth-order valence-corrected chi connectivity index (χ4v) is 12.9. The number of ketones is 1. The minimum Gasteiger partial charge on any atom is -0.492 e. The van der Waals surface area contributed by atoms with E-state index >= 15 is 13.2 Å². The number of Topliss-reactive ketones (excluding diaryl/α,β-unsaturated/α-hetero) is 1. The third kappa shape index (κ3) is 11.3. The van der Waals surface area contributed by atoms with Gasteiger partial charge in [-0.1, -0.05) is 69.3 Å². The maximum absolute atomic E-state index is 16.3. The predicted octanol–water partition coefficient (Wildman–Crippen LogP) is 8.97. The number of halogens is 3. The van der Waals surface area contributed by atoms with Crippen LogP contribution in [0.15, 0.2) is 71.7 Å². The van der Waals surface area contributed by atoms with Crippen molar-refractivity contribution in [1.29, 1.82) is 0 Å². The van der Waals surface area contributed by atoms with E-state index in [0.29, 0.717) is 19.4 Å². The van der Waals surface area contributed by atoms with E-state index in [4.69, 9.17) is 4.74 Å². The number of piperidine rings is 1. The number of aryl methyl sites for hydroxylation is 1. The van der Waals surface area contributed by atoms with E-state index in [-0.39, 0.29) is 86.0 Å². The van der Waals surface area contributed by atoms with E-state index in [9.17, 15) is 19.5 Å². The molecule has 0 bridgehead atoms. The number of benzene rings is 3. The Hall–Kier alpha value is -4.93. The summed E-state index contributed by atoms with van der Waals surface area (Å²) >= 11 is 1.58. The van der Waals surface area contributed by atoms with Gasteiger partial charge in [-0.2, -0.15) is 0 Å². The van der Waals surface area contributed by atoms with Crippen LogP contribution in [0.4, 0.5) is 13.2 Å². The van der Waals surface area contributed by atoms with E-state index in [1.807, 2.05) is 81.4 Å². The fourth-order valence-electron chi connectivity index (χ4n) is 12.1. The Morgan fingerprint density at radius 2 is 1.68 bits per heavy atom. The number of nitrogens with zero attached hydrogens (tertiary/aromatic N) is 5. The molecule has 1 aromatic heterocycles. The molecule has 386 valence electrons. The third-order valence-corrected chi connectivity index (χ3v) is 16.9. The topological polar surface area (TPSA) is 119 Å². The number of aliphatic hydroxyl groups is 1. The molecule has 11 nitrogen and oxygen atoms in total. The van der Waals surface area contributed by atoms with Crippen LogP contribution in [0.3, 0.4) is 0 Å². The van der Waals surface area contributed by atoms with Gasteiger partial charge in [-0.3, -0.25) is 29.1 Å². The number of ether oxygens (including phenoxy) is 1. The van der Waals surface area contributed by atoms with Gasteiger partial charge in [0, 0.05) is 81.8 Å². The van der Waals surface area contributed by atoms with Crippen molar-refractivity contribution >= 4 is 34.5 Å². The molecular weight excluding hydrogens is 938 g/mol. The number of alkyl halides is 1. The Bertz CT molecular complexity index is 2660. The second kappa shape index (κ2) is 20.8. The van der Waals surface area contributed by atoms with Crippen molar-refractivity contribution in [3.05, 3.63) is 111 Å². The first-order valence-corrected chi connectivity index (χ1v) is 26.6. The Kier molecular flexibility index (Phi) is 15.0. The molecule has 5 aliphatic rings. The maximum atomic E-state index is 16.3. The highest BCUT2D eigenvalue weighted by Crippen LogP contribution is 2.50. The van der Waals surface area contributed by atoms with Gasteiger partial charge in [-0.05, 0) is 111 Å². The lowest BCUT2D eigenvalue weighted by Crippen LogP contribution is -2.61. The number of carbonyl (C=O) groups is 3. The molecule has 2 amide bonds. The van der Waals surface area contributed by atoms with E-state index < -0.39 is 46.8 Å². The number of β-amino-alcohol motifs (C(OH)–C–C–N with tert-alkyl or cyclic N) is 1. The quantitative estimate of drug-likeness (QED) is 0.114. The number of rotatable bonds is 16. The lowest BCUT2D eigenvalue weighted by atomic mass is 9.71. The highest BCUT2D eigenvalue weighted by Gasteiger charge is 2.48. The van der Waals surface area contributed by atoms with Crippen LogP contribution in [0.5, 0.6) is 5.75 Å². The van der Waals surface area contributed by atoms with Gasteiger partial charge in [-0.15, -0.1) is 11.3 Å². The zero-order valence-electron chi connectivity index (χ0n) is 42.9. The number of aromatic nitrogens is 1. The first-order valence-electron chi connectivity index (χ1n) is 25.7. The van der Waals surface area contributed by atoms with Gasteiger partial charge in [0.25, 0.3) is 0 Å². The van der Waals surface area contributed by atoms with Crippen molar-refractivity contribution < 1.29 is 37.4 Å². The van der Waals surface area contributed by atoms with Gasteiger partial charge in [0.05, 0.1) is 34.8 Å². The summed E-state index contributed by atoms with van der Waals surface area (Å²) in [6.45, 7) is 17.5. The molecule has 1 aliphatic carbocycles. The first kappa shape index (κ1) is 52.0. The molecule has 5 atom stereocenters. The lowest BCUT2D eigenvalue weighted by Gasteiger charge is -2.54. The summed E-state index contributed by atoms with van der Waals surface area (Å²) in [6, 6.07) is 16.9. The Labute approximate surface area is 426 Å². The summed E-state index contributed by atoms with van der Waals surface area (Å²) < 4.78 is 53.8. The summed E-state index contributed by atoms with van der Waals surface area (Å²) in [4.78, 5) is 54.9. The van der Waals surface area contributed by atoms with Crippen LogP contribution >= 0.6 is 11.3 Å². The number of aliphatic hydroxyl groups excluding tert-OH is 1. The summed E-state index contributed by atoms with van der Waals surface area (Å²) in [5.74, 6) is -2.56. The van der Waals surface area contributed by atoms with Gasteiger partial charge < -0.3 is 20.1 Å². The van der Waals surface area contributed by atoms with E-state index in [1.54, 1.807) is 11.3 Å². The van der Waals surface area contributed by atoms with Gasteiger partial charge in [-0.25, -0.2) is 18.2 Å². The molecule has 3 saturated heterocycles. The second-order valence-corrected chi connectivity index (χ2v) is 23.9. The number of hydrogen-bond donors (Lipinski definition) is 2. The molecule has 0 unspecified atom stereocenters. The molecule has 0 radical (unpaired) electrons. The number of carbonyl (C=O) groups excluding carboxylic acids is 3. The Balaban J connectivity index is 0.737. The molecule has 72 heavy (non-hydrogen) atoms. The second-order valence-electron chi connectivity index (χ2n) is 23.1. The average Bonchev–Trinajstić information content (AvgIpc) is 4.03. The van der Waals surface area contributed by atoms with Crippen molar-refractivity contribution in [3.63, 3.8) is 0 Å². The van der Waals surface area contributed by atoms with Crippen LogP contribution in [0.1, 0.15) is 108 Å². The normalized spacial score (nSPS) is 23.0. The Morgan fingerprint density at radius 3 is 2.33 bits per heavy atom. The highest BCUT2D eigenvalue weighted by molar-refractivity contribution is 7.13. The average molecular weight is 1010 g/mol. The van der Waals surface area contributed by atoms with Gasteiger partial charge in [0.1, 0.15) is 41.5 Å². The third-order valence-electron chi connectivity index (χ3n) is 15.9. The van der Waals surface area contributed by atoms with Gasteiger partial charge >= 0.3 is 0 Å². The highest BCUT2D eigenvalue weighted by atomic mass is 32.1. The minimum atomic E-state index is -1.57. The number of nitrogens with one attached hydrogen (secondary N) is 1. The summed E-state index contributed by atoms with van der Waals surface area (Å²) in [5.41, 5.74) is 6.96. The van der Waals surface area contributed by atoms with Crippen molar-refractivity contribution in [2.45, 2.75) is 123 Å². The number of hydrogen-bond acceptors (Lipinski definition) is 10. The molecular formula is C57H71F3N6O5S. The van der Waals surface area contributed by atoms with E-state index in [0.717, 1.165) is 83.0 Å². The SMILES string of the molecule is Cc1ncsc1-c1ccc(CNC(=O)[C@@H]2C[C@@H](O)CN2C(=O)[C@@H](CC(=O)CN2CC3(CCN(CCOc4cc(F)c([C@@H]5C6=C(C[C@@H](C)N5CC(C)(C)F)c5ccccc5C6)c(F)c4)CC3)C2)C(C)(C)C)cc1. The largest absolute Gasteiger partial charge is 0.492 e. The predicted molar refractivity (Wildman–Crippen MR) is 275 cm³/mol. The summed E-state index contributed by atoms with van der Waals surface area (Å²) in [5, 5.41) is 13.7. The molecule has 1 spiro atoms. The van der Waals surface area contributed by atoms with Crippen LogP contribution in [0.2, 0.25) is 0 Å². The molecule has 2 N–H and O–H groups in total. The summed E-state index contributed by atoms with van der Waals surface area (Å²) in [6.07, 6.45) is 2.50. The van der Waals surface area contributed by atoms with Crippen LogP contribution in [0.25, 0.3) is 16.0 Å². The van der Waals surface area contributed by atoms with Crippen LogP contribution in [-0.2, 0) is 27.3 Å². The number of likely N-dealkylation sites (tertiary alicyclic amines) is 3. The van der Waals surface area contributed by atoms with E-state index in [1.165, 1.54) is 30.9 Å². The summed E-state index contributed by atoms with van der Waals surface area (Å²) in [7, 11) is 0. The molecule has 0 saturated carbocycles. The van der Waals surface area contributed by atoms with Crippen LogP contribution in [0, 0.1) is 35.3 Å². The molecule has 5 heterocycles. The zero-order valence-corrected chi connectivity index (χ0v) is 43.7. The van der Waals surface area contributed by atoms with Crippen LogP contribution < -0.4 is 10.1 Å². The smallest absolute Gasteiger partial charge is 0.243 e. The van der Waals surface area contributed by atoms with Crippen molar-refractivity contribution in [1.82, 2.24) is 29.9 Å². The van der Waals surface area contributed by atoms with Crippen molar-refractivity contribution in [2.75, 3.05) is 59.0 Å². The molecule has 15 heteroatoms. The molecule has 4 aromatic rings. The molecule has 3 fully saturated rings. The monoisotopic (exact) mass is 1010 g/mol. The van der Waals surface area contributed by atoms with Gasteiger partial charge in [0.2, 0.25) is 11.8 Å². The standard InChI is InChI=1S/C57H71F3N6O5S/c1-35-22-44-43-11-9-8-10-39(43)23-45(44)51(66(35)31-56(6,7)60)50-47(58)26-42(27-48(50)59)71-21-20-63-18-16-57(17-19-63)32-64(33-57)29-40(67)24-46(55(3,4)5)54(70)65-30-41(68)25-49(65)53(69)61-28-37-12-14-38(15-13-37)52-36(2)62-34-72-52/h8-15,26-27,34-35,41,46,49,51,68H,16-25,28-33H2,1-7H3,(H,61,69)/t35-,41-,46-,49+,51+/m1/s1. The molecule has 4 aliphatic heterocycles. The van der Waals surface area contributed by atoms with Crippen LogP contribution in [-0.4, -0.2) is 130 Å². The number of fused-ring (bicyclic) bond motifs is 2. The fraction of sp³-hybridized carbons (Fsp3) is 0.544. The van der Waals surface area contributed by atoms with Gasteiger partial charge in [0.15, 0.2) is 0 Å². The first-order chi connectivity index (χ1) is 34.1. The lowest BCUT2D eigenvalue weighted by molar-refractivity contribution is -0.147. The zero-order chi connectivity index (χ0) is 51.3. The van der Waals surface area contributed by atoms with E-state index in [2.05, 4.69) is 32.2 Å². The minimum absolute atomic E-state index is 0.0217. The number of thiazole rings is 1. The molecule has 3 aromatic carbocycles. The molecule has 9 rings (SSSR count). The number of amides is 2. The Morgan fingerprint density at radius 1 is 0.986 bits per heavy atom. The maximum Gasteiger partial charge on any atom is 0.243 e.